The van der Waals surface area contributed by atoms with Crippen molar-refractivity contribution in [1.82, 2.24) is 15.1 Å². The third-order valence-corrected chi connectivity index (χ3v) is 3.96. The van der Waals surface area contributed by atoms with Gasteiger partial charge >= 0.3 is 0 Å². The van der Waals surface area contributed by atoms with Crippen LogP contribution in [0.5, 0.6) is 0 Å². The van der Waals surface area contributed by atoms with Gasteiger partial charge < -0.3 is 9.64 Å². The minimum Gasteiger partial charge on any atom is -0.376 e. The third-order valence-electron chi connectivity index (χ3n) is 3.96. The first-order chi connectivity index (χ1) is 8.77. The van der Waals surface area contributed by atoms with Crippen LogP contribution < -0.4 is 0 Å². The molecule has 0 bridgehead atoms. The van der Waals surface area contributed by atoms with Crippen LogP contribution in [0, 0.1) is 0 Å². The second kappa shape index (κ2) is 4.72. The molecule has 98 valence electrons. The van der Waals surface area contributed by atoms with E-state index in [1.165, 1.54) is 6.42 Å². The number of aromatic amines is 1. The first-order valence-electron chi connectivity index (χ1n) is 6.72. The Morgan fingerprint density at radius 1 is 1.50 bits per heavy atom. The van der Waals surface area contributed by atoms with E-state index in [4.69, 9.17) is 4.74 Å². The zero-order valence-electron chi connectivity index (χ0n) is 10.7. The number of rotatable bonds is 1. The van der Waals surface area contributed by atoms with Crippen LogP contribution in [0.15, 0.2) is 0 Å². The van der Waals surface area contributed by atoms with E-state index in [1.54, 1.807) is 0 Å². The van der Waals surface area contributed by atoms with Crippen molar-refractivity contribution in [3.8, 4) is 0 Å². The number of hydrogen-bond acceptors (Lipinski definition) is 3. The van der Waals surface area contributed by atoms with Crippen LogP contribution in [0.1, 0.15) is 47.9 Å². The molecule has 0 aromatic carbocycles. The summed E-state index contributed by atoms with van der Waals surface area (Å²) in [6, 6.07) is 0.322. The van der Waals surface area contributed by atoms with Gasteiger partial charge in [-0.1, -0.05) is 0 Å². The molecule has 1 aromatic rings. The maximum Gasteiger partial charge on any atom is 0.274 e. The number of carbonyl (C=O) groups excluding carboxylic acids is 1. The smallest absolute Gasteiger partial charge is 0.274 e. The van der Waals surface area contributed by atoms with E-state index < -0.39 is 0 Å². The zero-order valence-corrected chi connectivity index (χ0v) is 10.7. The number of amides is 1. The summed E-state index contributed by atoms with van der Waals surface area (Å²) in [7, 11) is 0. The second-order valence-corrected chi connectivity index (χ2v) is 5.18. The van der Waals surface area contributed by atoms with Crippen LogP contribution in [0.4, 0.5) is 0 Å². The van der Waals surface area contributed by atoms with Crippen LogP contribution in [0.2, 0.25) is 0 Å². The van der Waals surface area contributed by atoms with Crippen LogP contribution in [0.3, 0.4) is 0 Å². The number of nitrogens with zero attached hydrogens (tertiary/aromatic N) is 2. The number of likely N-dealkylation sites (tertiary alicyclic amines) is 1. The Hall–Kier alpha value is -1.36. The van der Waals surface area contributed by atoms with Gasteiger partial charge in [-0.3, -0.25) is 9.89 Å². The maximum absolute atomic E-state index is 12.5. The number of hydrogen-bond donors (Lipinski definition) is 1. The molecule has 0 spiro atoms. The molecule has 3 rings (SSSR count). The molecular weight excluding hydrogens is 230 g/mol. The van der Waals surface area contributed by atoms with E-state index in [-0.39, 0.29) is 5.91 Å². The quantitative estimate of drug-likeness (QED) is 0.820. The fourth-order valence-electron chi connectivity index (χ4n) is 2.82. The van der Waals surface area contributed by atoms with E-state index >= 15 is 0 Å². The van der Waals surface area contributed by atoms with Gasteiger partial charge in [0.05, 0.1) is 13.2 Å². The minimum atomic E-state index is 0.0604. The van der Waals surface area contributed by atoms with Crippen molar-refractivity contribution in [2.75, 3.05) is 13.2 Å². The van der Waals surface area contributed by atoms with Gasteiger partial charge in [0.15, 0.2) is 5.69 Å². The fraction of sp³-hybridized carbons (Fsp3) is 0.692. The van der Waals surface area contributed by atoms with Crippen LogP contribution >= 0.6 is 0 Å². The molecular formula is C13H19N3O2. The number of carbonyl (C=O) groups is 1. The minimum absolute atomic E-state index is 0.0604. The molecule has 3 heterocycles. The normalized spacial score (nSPS) is 23.8. The summed E-state index contributed by atoms with van der Waals surface area (Å²) < 4.78 is 5.43. The Balaban J connectivity index is 1.85. The Bertz CT molecular complexity index is 455. The topological polar surface area (TPSA) is 58.2 Å². The van der Waals surface area contributed by atoms with Crippen LogP contribution in [0.25, 0.3) is 0 Å². The van der Waals surface area contributed by atoms with Crippen molar-refractivity contribution >= 4 is 5.91 Å². The van der Waals surface area contributed by atoms with E-state index in [9.17, 15) is 4.79 Å². The molecule has 1 fully saturated rings. The van der Waals surface area contributed by atoms with Crippen molar-refractivity contribution in [2.24, 2.45) is 0 Å². The number of aromatic nitrogens is 2. The molecule has 1 amide bonds. The third kappa shape index (κ3) is 1.92. The first-order valence-corrected chi connectivity index (χ1v) is 6.72. The van der Waals surface area contributed by atoms with Crippen molar-refractivity contribution in [2.45, 2.75) is 45.3 Å². The lowest BCUT2D eigenvalue weighted by Crippen LogP contribution is -2.42. The average molecular weight is 249 g/mol. The number of fused-ring (bicyclic) bond motifs is 1. The fourth-order valence-corrected chi connectivity index (χ4v) is 2.82. The second-order valence-electron chi connectivity index (χ2n) is 5.18. The summed E-state index contributed by atoms with van der Waals surface area (Å²) in [6.07, 6.45) is 4.23. The highest BCUT2D eigenvalue weighted by Crippen LogP contribution is 2.23. The predicted octanol–water partition coefficient (Wildman–Crippen LogP) is 1.50. The molecule has 0 aliphatic carbocycles. The lowest BCUT2D eigenvalue weighted by atomic mass is 10.0. The summed E-state index contributed by atoms with van der Waals surface area (Å²) in [5, 5.41) is 7.19. The molecule has 18 heavy (non-hydrogen) atoms. The summed E-state index contributed by atoms with van der Waals surface area (Å²) >= 11 is 0. The largest absolute Gasteiger partial charge is 0.376 e. The number of H-pyrrole nitrogens is 1. The van der Waals surface area contributed by atoms with Gasteiger partial charge in [-0.15, -0.1) is 0 Å². The maximum atomic E-state index is 12.5. The molecule has 2 aliphatic rings. The lowest BCUT2D eigenvalue weighted by Gasteiger charge is -2.33. The molecule has 1 aromatic heterocycles. The number of ether oxygens (including phenoxy) is 1. The summed E-state index contributed by atoms with van der Waals surface area (Å²) in [5.74, 6) is 0.0604. The number of nitrogens with one attached hydrogen (secondary N) is 1. The standard InChI is InChI=1S/C13H19N3O2/c1-9-4-2-3-6-16(9)13(17)12-10-8-18-7-5-11(10)14-15-12/h9H,2-8H2,1H3,(H,14,15). The van der Waals surface area contributed by atoms with Crippen LogP contribution in [-0.2, 0) is 17.8 Å². The molecule has 1 N–H and O–H groups in total. The molecule has 1 unspecified atom stereocenters. The molecule has 0 radical (unpaired) electrons. The highest BCUT2D eigenvalue weighted by atomic mass is 16.5. The highest BCUT2D eigenvalue weighted by Gasteiger charge is 2.29. The molecule has 1 saturated heterocycles. The van der Waals surface area contributed by atoms with Gasteiger partial charge in [-0.2, -0.15) is 5.10 Å². The van der Waals surface area contributed by atoms with Crippen molar-refractivity contribution in [3.05, 3.63) is 17.0 Å². The molecule has 2 aliphatic heterocycles. The van der Waals surface area contributed by atoms with Gasteiger partial charge in [0.25, 0.3) is 5.91 Å². The summed E-state index contributed by atoms with van der Waals surface area (Å²) in [6.45, 7) is 4.19. The average Bonchev–Trinajstić information content (AvgIpc) is 2.82. The van der Waals surface area contributed by atoms with E-state index in [0.717, 1.165) is 37.1 Å². The van der Waals surface area contributed by atoms with Gasteiger partial charge in [-0.25, -0.2) is 0 Å². The molecule has 0 saturated carbocycles. The summed E-state index contributed by atoms with van der Waals surface area (Å²) in [4.78, 5) is 14.5. The molecule has 1 atom stereocenters. The highest BCUT2D eigenvalue weighted by molar-refractivity contribution is 5.94. The monoisotopic (exact) mass is 249 g/mol. The Morgan fingerprint density at radius 2 is 2.39 bits per heavy atom. The Kier molecular flexibility index (Phi) is 3.07. The van der Waals surface area contributed by atoms with Crippen molar-refractivity contribution < 1.29 is 9.53 Å². The predicted molar refractivity (Wildman–Crippen MR) is 66.3 cm³/mol. The van der Waals surface area contributed by atoms with E-state index in [0.29, 0.717) is 24.9 Å². The van der Waals surface area contributed by atoms with Gasteiger partial charge in [0.1, 0.15) is 0 Å². The van der Waals surface area contributed by atoms with Gasteiger partial charge in [0, 0.05) is 30.3 Å². The Morgan fingerprint density at radius 3 is 3.22 bits per heavy atom. The Labute approximate surface area is 107 Å². The zero-order chi connectivity index (χ0) is 12.5. The summed E-state index contributed by atoms with van der Waals surface area (Å²) in [5.41, 5.74) is 2.59. The van der Waals surface area contributed by atoms with Crippen molar-refractivity contribution in [3.63, 3.8) is 0 Å². The molecule has 5 heteroatoms. The first kappa shape index (κ1) is 11.7. The SMILES string of the molecule is CC1CCCCN1C(=O)c1n[nH]c2c1COCC2. The lowest BCUT2D eigenvalue weighted by molar-refractivity contribution is 0.0618. The van der Waals surface area contributed by atoms with Crippen molar-refractivity contribution in [1.29, 1.82) is 0 Å². The molecule has 5 nitrogen and oxygen atoms in total. The number of piperidine rings is 1. The van der Waals surface area contributed by atoms with Crippen LogP contribution in [-0.4, -0.2) is 40.2 Å². The van der Waals surface area contributed by atoms with Gasteiger partial charge in [-0.05, 0) is 26.2 Å². The van der Waals surface area contributed by atoms with E-state index in [1.807, 2.05) is 4.90 Å². The van der Waals surface area contributed by atoms with Gasteiger partial charge in [0.2, 0.25) is 0 Å². The van der Waals surface area contributed by atoms with E-state index in [2.05, 4.69) is 17.1 Å².